The molecule has 0 radical (unpaired) electrons. The molecule has 2 heteroatoms. The van der Waals surface area contributed by atoms with Crippen LogP contribution in [-0.4, -0.2) is 19.0 Å². The van der Waals surface area contributed by atoms with Crippen molar-refractivity contribution >= 4 is 5.78 Å². The Kier molecular flexibility index (Phi) is 3.17. The van der Waals surface area contributed by atoms with Gasteiger partial charge in [-0.1, -0.05) is 0 Å². The zero-order chi connectivity index (χ0) is 12.8. The summed E-state index contributed by atoms with van der Waals surface area (Å²) in [5, 5.41) is 0. The lowest BCUT2D eigenvalue weighted by molar-refractivity contribution is -0.137. The zero-order valence-electron chi connectivity index (χ0n) is 11.9. The molecule has 0 spiro atoms. The molecule has 0 atom stereocenters. The van der Waals surface area contributed by atoms with Crippen molar-refractivity contribution in [3.63, 3.8) is 0 Å². The first kappa shape index (κ1) is 12.4. The van der Waals surface area contributed by atoms with Crippen LogP contribution in [0.1, 0.15) is 51.4 Å². The molecule has 4 aliphatic carbocycles. The summed E-state index contributed by atoms with van der Waals surface area (Å²) in [6, 6.07) is 0. The van der Waals surface area contributed by atoms with Crippen LogP contribution >= 0.6 is 0 Å². The fourth-order valence-electron chi connectivity index (χ4n) is 5.82. The summed E-state index contributed by atoms with van der Waals surface area (Å²) in [7, 11) is 0. The second-order valence-electron chi connectivity index (χ2n) is 7.68. The van der Waals surface area contributed by atoms with Crippen LogP contribution in [0.3, 0.4) is 0 Å². The molecule has 5 fully saturated rings. The summed E-state index contributed by atoms with van der Waals surface area (Å²) in [6.45, 7) is 1.75. The molecule has 0 unspecified atom stereocenters. The van der Waals surface area contributed by atoms with Gasteiger partial charge in [0.05, 0.1) is 0 Å². The Balaban J connectivity index is 1.42. The topological polar surface area (TPSA) is 26.3 Å². The van der Waals surface area contributed by atoms with Gasteiger partial charge in [0.25, 0.3) is 0 Å². The third-order valence-corrected chi connectivity index (χ3v) is 6.43. The molecule has 19 heavy (non-hydrogen) atoms. The van der Waals surface area contributed by atoms with Gasteiger partial charge in [0.15, 0.2) is 0 Å². The van der Waals surface area contributed by atoms with Gasteiger partial charge >= 0.3 is 0 Å². The van der Waals surface area contributed by atoms with E-state index >= 15 is 0 Å². The number of Topliss-reactive ketones (excluding diaryl/α,β-unsaturated/α-hetero) is 1. The minimum Gasteiger partial charge on any atom is -0.381 e. The molecule has 4 saturated carbocycles. The number of ether oxygens (including phenoxy) is 1. The van der Waals surface area contributed by atoms with Crippen molar-refractivity contribution in [1.29, 1.82) is 0 Å². The summed E-state index contributed by atoms with van der Waals surface area (Å²) in [4.78, 5) is 12.8. The first-order valence-corrected chi connectivity index (χ1v) is 8.40. The molecule has 0 aromatic rings. The van der Waals surface area contributed by atoms with Crippen molar-refractivity contribution in [1.82, 2.24) is 0 Å². The Morgan fingerprint density at radius 2 is 1.47 bits per heavy atom. The molecule has 1 aliphatic heterocycles. The lowest BCUT2D eigenvalue weighted by atomic mass is 9.51. The van der Waals surface area contributed by atoms with E-state index in [1.165, 1.54) is 32.1 Å². The van der Waals surface area contributed by atoms with Gasteiger partial charge in [-0.25, -0.2) is 0 Å². The number of carbonyl (C=O) groups excluding carboxylic acids is 1. The second kappa shape index (κ2) is 4.87. The van der Waals surface area contributed by atoms with Gasteiger partial charge in [0, 0.05) is 25.6 Å². The second-order valence-corrected chi connectivity index (χ2v) is 7.68. The Labute approximate surface area is 116 Å². The van der Waals surface area contributed by atoms with Crippen molar-refractivity contribution in [3.05, 3.63) is 0 Å². The van der Waals surface area contributed by atoms with Crippen LogP contribution in [0.5, 0.6) is 0 Å². The van der Waals surface area contributed by atoms with E-state index < -0.39 is 0 Å². The van der Waals surface area contributed by atoms with Crippen molar-refractivity contribution in [2.45, 2.75) is 51.4 Å². The molecule has 0 N–H and O–H groups in total. The molecule has 0 amide bonds. The normalized spacial score (nSPS) is 45.6. The summed E-state index contributed by atoms with van der Waals surface area (Å²) in [5.74, 6) is 5.20. The molecular formula is C17H26O2. The maximum absolute atomic E-state index is 12.8. The number of carbonyl (C=O) groups is 1. The van der Waals surface area contributed by atoms with E-state index in [1.807, 2.05) is 0 Å². The average molecular weight is 262 g/mol. The average Bonchev–Trinajstić information content (AvgIpc) is 2.38. The number of hydrogen-bond donors (Lipinski definition) is 0. The first-order valence-electron chi connectivity index (χ1n) is 8.40. The summed E-state index contributed by atoms with van der Waals surface area (Å²) in [6.07, 6.45) is 10.0. The highest BCUT2D eigenvalue weighted by molar-refractivity contribution is 5.82. The first-order chi connectivity index (χ1) is 9.29. The van der Waals surface area contributed by atoms with Crippen LogP contribution in [0.4, 0.5) is 0 Å². The van der Waals surface area contributed by atoms with Crippen molar-refractivity contribution in [2.24, 2.45) is 35.5 Å². The summed E-state index contributed by atoms with van der Waals surface area (Å²) >= 11 is 0. The van der Waals surface area contributed by atoms with Gasteiger partial charge in [-0.3, -0.25) is 4.79 Å². The zero-order valence-corrected chi connectivity index (χ0v) is 11.9. The van der Waals surface area contributed by atoms with Crippen LogP contribution in [0.2, 0.25) is 0 Å². The third kappa shape index (κ3) is 2.26. The predicted molar refractivity (Wildman–Crippen MR) is 73.7 cm³/mol. The number of ketones is 1. The predicted octanol–water partition coefficient (Wildman–Crippen LogP) is 3.44. The molecule has 0 aromatic carbocycles. The van der Waals surface area contributed by atoms with Crippen LogP contribution in [0.25, 0.3) is 0 Å². The SMILES string of the molecule is O=C(CC1CCOCC1)C1C2CC3CC(C2)CC1C3. The maximum Gasteiger partial charge on any atom is 0.136 e. The van der Waals surface area contributed by atoms with E-state index in [-0.39, 0.29) is 0 Å². The molecule has 1 heterocycles. The highest BCUT2D eigenvalue weighted by Gasteiger charge is 2.50. The minimum atomic E-state index is 0.454. The molecule has 5 rings (SSSR count). The molecule has 0 aromatic heterocycles. The third-order valence-electron chi connectivity index (χ3n) is 6.43. The fourth-order valence-corrected chi connectivity index (χ4v) is 5.82. The smallest absolute Gasteiger partial charge is 0.136 e. The molecule has 106 valence electrons. The van der Waals surface area contributed by atoms with E-state index in [0.29, 0.717) is 17.6 Å². The van der Waals surface area contributed by atoms with Crippen molar-refractivity contribution in [2.75, 3.05) is 13.2 Å². The molecule has 2 nitrogen and oxygen atoms in total. The monoisotopic (exact) mass is 262 g/mol. The van der Waals surface area contributed by atoms with Gasteiger partial charge < -0.3 is 4.74 Å². The summed E-state index contributed by atoms with van der Waals surface area (Å²) < 4.78 is 5.41. The lowest BCUT2D eigenvalue weighted by Crippen LogP contribution is -2.48. The van der Waals surface area contributed by atoms with E-state index in [1.54, 1.807) is 0 Å². The van der Waals surface area contributed by atoms with Gasteiger partial charge in [0.2, 0.25) is 0 Å². The quantitative estimate of drug-likeness (QED) is 0.778. The highest BCUT2D eigenvalue weighted by atomic mass is 16.5. The van der Waals surface area contributed by atoms with E-state index in [9.17, 15) is 4.79 Å². The maximum atomic E-state index is 12.8. The summed E-state index contributed by atoms with van der Waals surface area (Å²) in [5.41, 5.74) is 0. The van der Waals surface area contributed by atoms with Crippen LogP contribution < -0.4 is 0 Å². The molecule has 4 bridgehead atoms. The van der Waals surface area contributed by atoms with E-state index in [0.717, 1.165) is 56.1 Å². The Hall–Kier alpha value is -0.370. The number of rotatable bonds is 3. The Morgan fingerprint density at radius 1 is 0.895 bits per heavy atom. The fraction of sp³-hybridized carbons (Fsp3) is 0.941. The van der Waals surface area contributed by atoms with Gasteiger partial charge in [-0.05, 0) is 74.5 Å². The van der Waals surface area contributed by atoms with Gasteiger partial charge in [-0.2, -0.15) is 0 Å². The van der Waals surface area contributed by atoms with Crippen LogP contribution in [-0.2, 0) is 9.53 Å². The van der Waals surface area contributed by atoms with Crippen molar-refractivity contribution in [3.8, 4) is 0 Å². The highest BCUT2D eigenvalue weighted by Crippen LogP contribution is 2.57. The van der Waals surface area contributed by atoms with E-state index in [2.05, 4.69) is 0 Å². The van der Waals surface area contributed by atoms with E-state index in [4.69, 9.17) is 4.74 Å². The minimum absolute atomic E-state index is 0.454. The van der Waals surface area contributed by atoms with Gasteiger partial charge in [-0.15, -0.1) is 0 Å². The molecular weight excluding hydrogens is 236 g/mol. The van der Waals surface area contributed by atoms with Crippen LogP contribution in [0, 0.1) is 35.5 Å². The Morgan fingerprint density at radius 3 is 2.05 bits per heavy atom. The largest absolute Gasteiger partial charge is 0.381 e. The molecule has 5 aliphatic rings. The van der Waals surface area contributed by atoms with Crippen molar-refractivity contribution < 1.29 is 9.53 Å². The lowest BCUT2D eigenvalue weighted by Gasteiger charge is -2.54. The van der Waals surface area contributed by atoms with Crippen LogP contribution in [0.15, 0.2) is 0 Å². The standard InChI is InChI=1S/C17H26O2/c18-16(10-11-1-3-19-4-2-11)17-14-6-12-5-13(8-14)9-15(17)7-12/h11-15,17H,1-10H2. The molecule has 1 saturated heterocycles. The number of hydrogen-bond acceptors (Lipinski definition) is 2. The van der Waals surface area contributed by atoms with Gasteiger partial charge in [0.1, 0.15) is 5.78 Å². The Bertz CT molecular complexity index is 328.